The molecule has 30 heavy (non-hydrogen) atoms. The van der Waals surface area contributed by atoms with Crippen molar-refractivity contribution in [2.24, 2.45) is 12.8 Å². The van der Waals surface area contributed by atoms with E-state index in [1.807, 2.05) is 25.2 Å². The number of nitrogens with one attached hydrogen (secondary N) is 2. The first kappa shape index (κ1) is 19.0. The molecule has 0 aliphatic heterocycles. The molecule has 0 bridgehead atoms. The second-order valence-corrected chi connectivity index (χ2v) is 8.32. The normalized spacial score (nSPS) is 19.4. The summed E-state index contributed by atoms with van der Waals surface area (Å²) < 4.78 is 1.76. The van der Waals surface area contributed by atoms with Crippen LogP contribution in [0, 0.1) is 0 Å². The monoisotopic (exact) mass is 423 g/mol. The van der Waals surface area contributed by atoms with Crippen LogP contribution in [0.1, 0.15) is 36.0 Å². The molecule has 1 unspecified atom stereocenters. The summed E-state index contributed by atoms with van der Waals surface area (Å²) in [6, 6.07) is 5.84. The lowest BCUT2D eigenvalue weighted by molar-refractivity contribution is 0.0927. The lowest BCUT2D eigenvalue weighted by Crippen LogP contribution is -2.42. The van der Waals surface area contributed by atoms with E-state index in [-0.39, 0.29) is 18.0 Å². The van der Waals surface area contributed by atoms with Crippen LogP contribution in [0.5, 0.6) is 0 Å². The van der Waals surface area contributed by atoms with Crippen LogP contribution >= 0.6 is 11.6 Å². The van der Waals surface area contributed by atoms with Gasteiger partial charge in [0.1, 0.15) is 16.9 Å². The van der Waals surface area contributed by atoms with Gasteiger partial charge in [0.05, 0.1) is 17.3 Å². The molecule has 1 saturated carbocycles. The molecule has 1 aromatic carbocycles. The van der Waals surface area contributed by atoms with Gasteiger partial charge in [-0.1, -0.05) is 11.6 Å². The number of H-pyrrole nitrogens is 1. The number of nitrogens with two attached hydrogens (primary N) is 1. The summed E-state index contributed by atoms with van der Waals surface area (Å²) in [6.45, 7) is 0. The Morgan fingerprint density at radius 2 is 2.23 bits per heavy atom. The Hall–Kier alpha value is -2.97. The topological polar surface area (TPSA) is 115 Å². The summed E-state index contributed by atoms with van der Waals surface area (Å²) in [4.78, 5) is 25.2. The molecule has 4 N–H and O–H groups in total. The third-order valence-corrected chi connectivity index (χ3v) is 5.97. The zero-order valence-corrected chi connectivity index (χ0v) is 17.3. The number of hydrogen-bond donors (Lipinski definition) is 3. The molecule has 4 aromatic rings. The van der Waals surface area contributed by atoms with Crippen LogP contribution in [0.25, 0.3) is 33.5 Å². The highest BCUT2D eigenvalue weighted by atomic mass is 35.5. The minimum absolute atomic E-state index is 0.0897. The number of carbonyl (C=O) groups excluding carboxylic acids is 1. The maximum atomic E-state index is 12.9. The number of rotatable bonds is 3. The highest BCUT2D eigenvalue weighted by molar-refractivity contribution is 6.31. The molecule has 3 heterocycles. The lowest BCUT2D eigenvalue weighted by atomic mass is 9.91. The van der Waals surface area contributed by atoms with Crippen molar-refractivity contribution in [1.82, 2.24) is 30.0 Å². The summed E-state index contributed by atoms with van der Waals surface area (Å²) in [5, 5.41) is 9.27. The number of carbonyl (C=O) groups is 1. The van der Waals surface area contributed by atoms with Gasteiger partial charge in [0.25, 0.3) is 5.91 Å². The van der Waals surface area contributed by atoms with Crippen molar-refractivity contribution in [2.75, 3.05) is 0 Å². The quantitative estimate of drug-likeness (QED) is 0.468. The summed E-state index contributed by atoms with van der Waals surface area (Å²) in [6.07, 6.45) is 7.10. The van der Waals surface area contributed by atoms with Crippen molar-refractivity contribution in [2.45, 2.75) is 37.8 Å². The molecule has 0 saturated heterocycles. The molecule has 8 nitrogen and oxygen atoms in total. The molecule has 1 aliphatic carbocycles. The first-order valence-electron chi connectivity index (χ1n) is 10.0. The summed E-state index contributed by atoms with van der Waals surface area (Å²) in [5.41, 5.74) is 9.82. The molecule has 1 aliphatic rings. The molecule has 2 atom stereocenters. The second-order valence-electron chi connectivity index (χ2n) is 7.89. The first-order chi connectivity index (χ1) is 14.5. The number of hydrogen-bond acceptors (Lipinski definition) is 5. The minimum atomic E-state index is -0.163. The van der Waals surface area contributed by atoms with Gasteiger partial charge in [-0.2, -0.15) is 5.10 Å². The Kier molecular flexibility index (Phi) is 4.67. The number of aromatic amines is 1. The Morgan fingerprint density at radius 3 is 3.07 bits per heavy atom. The number of aromatic nitrogens is 5. The largest absolute Gasteiger partial charge is 0.349 e. The summed E-state index contributed by atoms with van der Waals surface area (Å²) in [5.74, 6) is -0.163. The van der Waals surface area contributed by atoms with E-state index in [9.17, 15) is 4.79 Å². The fourth-order valence-electron chi connectivity index (χ4n) is 4.22. The summed E-state index contributed by atoms with van der Waals surface area (Å²) in [7, 11) is 1.86. The highest BCUT2D eigenvalue weighted by Gasteiger charge is 2.23. The Bertz CT molecular complexity index is 1260. The minimum Gasteiger partial charge on any atom is -0.349 e. The summed E-state index contributed by atoms with van der Waals surface area (Å²) >= 11 is 6.13. The van der Waals surface area contributed by atoms with E-state index in [1.165, 1.54) is 0 Å². The average Bonchev–Trinajstić information content (AvgIpc) is 3.29. The Labute approximate surface area is 177 Å². The average molecular weight is 424 g/mol. The van der Waals surface area contributed by atoms with E-state index in [2.05, 4.69) is 20.4 Å². The third kappa shape index (κ3) is 3.32. The molecular formula is C21H22ClN7O. The predicted octanol–water partition coefficient (Wildman–Crippen LogP) is 3.16. The SMILES string of the molecule is Cn1nc(-c2cnc3[nH]cc(C(=O)N[C@H]4CCCC(N)C4)c3n2)c2ccc(Cl)cc21. The van der Waals surface area contributed by atoms with Gasteiger partial charge >= 0.3 is 0 Å². The van der Waals surface area contributed by atoms with E-state index in [0.29, 0.717) is 33.1 Å². The van der Waals surface area contributed by atoms with E-state index in [0.717, 1.165) is 36.6 Å². The number of aryl methyl sites for hydroxylation is 1. The molecule has 9 heteroatoms. The molecule has 3 aromatic heterocycles. The van der Waals surface area contributed by atoms with Gasteiger partial charge in [-0.15, -0.1) is 0 Å². The van der Waals surface area contributed by atoms with Gasteiger partial charge in [-0.05, 0) is 43.9 Å². The van der Waals surface area contributed by atoms with Crippen molar-refractivity contribution in [3.8, 4) is 11.4 Å². The number of amides is 1. The van der Waals surface area contributed by atoms with Crippen molar-refractivity contribution < 1.29 is 4.79 Å². The van der Waals surface area contributed by atoms with Crippen LogP contribution < -0.4 is 11.1 Å². The fourth-order valence-corrected chi connectivity index (χ4v) is 4.39. The van der Waals surface area contributed by atoms with Crippen LogP contribution in [-0.4, -0.2) is 42.7 Å². The first-order valence-corrected chi connectivity index (χ1v) is 10.4. The molecule has 0 spiro atoms. The molecular weight excluding hydrogens is 402 g/mol. The van der Waals surface area contributed by atoms with Crippen LogP contribution in [-0.2, 0) is 7.05 Å². The highest BCUT2D eigenvalue weighted by Crippen LogP contribution is 2.29. The van der Waals surface area contributed by atoms with Gasteiger partial charge in [-0.25, -0.2) is 9.97 Å². The zero-order chi connectivity index (χ0) is 20.8. The van der Waals surface area contributed by atoms with Gasteiger partial charge in [0, 0.05) is 35.7 Å². The second kappa shape index (κ2) is 7.37. The number of benzene rings is 1. The van der Waals surface area contributed by atoms with Crippen molar-refractivity contribution in [1.29, 1.82) is 0 Å². The van der Waals surface area contributed by atoms with Gasteiger partial charge in [-0.3, -0.25) is 9.48 Å². The van der Waals surface area contributed by atoms with Crippen LogP contribution in [0.4, 0.5) is 0 Å². The van der Waals surface area contributed by atoms with Crippen LogP contribution in [0.15, 0.2) is 30.6 Å². The van der Waals surface area contributed by atoms with Gasteiger partial charge in [0.15, 0.2) is 5.65 Å². The van der Waals surface area contributed by atoms with Crippen molar-refractivity contribution in [3.05, 3.63) is 41.2 Å². The molecule has 1 amide bonds. The third-order valence-electron chi connectivity index (χ3n) is 5.73. The molecule has 154 valence electrons. The number of halogens is 1. The lowest BCUT2D eigenvalue weighted by Gasteiger charge is -2.27. The molecule has 5 rings (SSSR count). The maximum absolute atomic E-state index is 12.9. The van der Waals surface area contributed by atoms with Crippen LogP contribution in [0.3, 0.4) is 0 Å². The fraction of sp³-hybridized carbons (Fsp3) is 0.333. The van der Waals surface area contributed by atoms with E-state index in [4.69, 9.17) is 22.3 Å². The number of fused-ring (bicyclic) bond motifs is 2. The van der Waals surface area contributed by atoms with E-state index < -0.39 is 0 Å². The smallest absolute Gasteiger partial charge is 0.255 e. The Balaban J connectivity index is 1.51. The van der Waals surface area contributed by atoms with Crippen LogP contribution in [0.2, 0.25) is 5.02 Å². The zero-order valence-electron chi connectivity index (χ0n) is 16.5. The standard InChI is InChI=1S/C21H22ClN7O/c1-29-17-7-11(22)5-6-14(17)18(28-29)16-10-25-20-19(27-16)15(9-24-20)21(30)26-13-4-2-3-12(23)8-13/h5-7,9-10,12-13H,2-4,8,23H2,1H3,(H,24,25)(H,26,30)/t12?,13-/m0/s1. The van der Waals surface area contributed by atoms with Crippen molar-refractivity contribution >= 4 is 39.6 Å². The maximum Gasteiger partial charge on any atom is 0.255 e. The van der Waals surface area contributed by atoms with E-state index >= 15 is 0 Å². The predicted molar refractivity (Wildman–Crippen MR) is 116 cm³/mol. The van der Waals surface area contributed by atoms with Gasteiger partial charge in [0.2, 0.25) is 0 Å². The van der Waals surface area contributed by atoms with E-state index in [1.54, 1.807) is 17.1 Å². The molecule has 0 radical (unpaired) electrons. The Morgan fingerprint density at radius 1 is 1.37 bits per heavy atom. The van der Waals surface area contributed by atoms with Crippen molar-refractivity contribution in [3.63, 3.8) is 0 Å². The van der Waals surface area contributed by atoms with Gasteiger partial charge < -0.3 is 16.0 Å². The molecule has 1 fully saturated rings. The number of nitrogens with zero attached hydrogens (tertiary/aromatic N) is 4.